The van der Waals surface area contributed by atoms with Crippen molar-refractivity contribution in [1.29, 1.82) is 0 Å². The van der Waals surface area contributed by atoms with Crippen molar-refractivity contribution in [2.45, 2.75) is 40.2 Å². The molecule has 0 bridgehead atoms. The lowest BCUT2D eigenvalue weighted by molar-refractivity contribution is -0.146. The quantitative estimate of drug-likeness (QED) is 0.391. The van der Waals surface area contributed by atoms with Gasteiger partial charge in [-0.3, -0.25) is 14.4 Å². The molecule has 8 heteroatoms. The molecule has 2 aromatic rings. The standard InChI is InChI=1S/C25H29ClN2O5/c1-15(2)13-22(30)27-18-11-9-17(10-12-18)21(29)14-33-25(32)23(16(3)4)28-24(31)19-7-5-6-8-20(19)26/h5-12,15-16,23H,13-14H2,1-4H3,(H,27,30)(H,28,31). The summed E-state index contributed by atoms with van der Waals surface area (Å²) in [7, 11) is 0. The summed E-state index contributed by atoms with van der Waals surface area (Å²) in [5.74, 6) is -1.74. The first-order chi connectivity index (χ1) is 15.6. The fourth-order valence-electron chi connectivity index (χ4n) is 2.99. The second kappa shape index (κ2) is 12.2. The van der Waals surface area contributed by atoms with Gasteiger partial charge in [-0.1, -0.05) is 51.4 Å². The number of esters is 1. The van der Waals surface area contributed by atoms with Crippen LogP contribution in [0.25, 0.3) is 0 Å². The molecule has 0 aliphatic carbocycles. The Morgan fingerprint density at radius 3 is 2.15 bits per heavy atom. The molecule has 2 N–H and O–H groups in total. The summed E-state index contributed by atoms with van der Waals surface area (Å²) in [5, 5.41) is 5.66. The summed E-state index contributed by atoms with van der Waals surface area (Å²) in [5.41, 5.74) is 1.16. The third kappa shape index (κ3) is 8.02. The molecular formula is C25H29ClN2O5. The highest BCUT2D eigenvalue weighted by Crippen LogP contribution is 2.16. The molecule has 7 nitrogen and oxygen atoms in total. The predicted octanol–water partition coefficient (Wildman–Crippen LogP) is 4.51. The van der Waals surface area contributed by atoms with Gasteiger partial charge in [-0.05, 0) is 48.2 Å². The van der Waals surface area contributed by atoms with Gasteiger partial charge >= 0.3 is 5.97 Å². The van der Waals surface area contributed by atoms with Gasteiger partial charge in [-0.2, -0.15) is 0 Å². The molecule has 176 valence electrons. The Morgan fingerprint density at radius 1 is 0.939 bits per heavy atom. The maximum Gasteiger partial charge on any atom is 0.329 e. The summed E-state index contributed by atoms with van der Waals surface area (Å²) in [4.78, 5) is 49.4. The molecule has 0 saturated heterocycles. The topological polar surface area (TPSA) is 102 Å². The van der Waals surface area contributed by atoms with E-state index in [0.717, 1.165) is 0 Å². The molecule has 1 atom stereocenters. The summed E-state index contributed by atoms with van der Waals surface area (Å²) in [6.07, 6.45) is 0.403. The minimum Gasteiger partial charge on any atom is -0.456 e. The minimum atomic E-state index is -0.944. The monoisotopic (exact) mass is 472 g/mol. The maximum atomic E-state index is 12.6. The smallest absolute Gasteiger partial charge is 0.329 e. The number of amides is 2. The molecule has 0 heterocycles. The van der Waals surface area contributed by atoms with Crippen molar-refractivity contribution in [3.8, 4) is 0 Å². The van der Waals surface area contributed by atoms with Gasteiger partial charge in [0.1, 0.15) is 6.04 Å². The molecule has 2 rings (SSSR count). The first-order valence-electron chi connectivity index (χ1n) is 10.7. The van der Waals surface area contributed by atoms with Crippen LogP contribution < -0.4 is 10.6 Å². The van der Waals surface area contributed by atoms with Gasteiger partial charge in [-0.15, -0.1) is 0 Å². The molecule has 0 aliphatic rings. The molecule has 0 aliphatic heterocycles. The number of ketones is 1. The van der Waals surface area contributed by atoms with E-state index in [0.29, 0.717) is 17.7 Å². The molecule has 2 amide bonds. The third-order valence-corrected chi connectivity index (χ3v) is 5.09. The van der Waals surface area contributed by atoms with Crippen LogP contribution in [0.1, 0.15) is 54.8 Å². The van der Waals surface area contributed by atoms with Crippen LogP contribution in [0.15, 0.2) is 48.5 Å². The lowest BCUT2D eigenvalue weighted by Crippen LogP contribution is -2.45. The SMILES string of the molecule is CC(C)CC(=O)Nc1ccc(C(=O)COC(=O)C(NC(=O)c2ccccc2Cl)C(C)C)cc1. The third-order valence-electron chi connectivity index (χ3n) is 4.76. The Labute approximate surface area is 198 Å². The van der Waals surface area contributed by atoms with E-state index in [1.54, 1.807) is 62.4 Å². The van der Waals surface area contributed by atoms with Crippen LogP contribution in [0.2, 0.25) is 5.02 Å². The number of benzene rings is 2. The maximum absolute atomic E-state index is 12.6. The van der Waals surface area contributed by atoms with E-state index < -0.39 is 30.3 Å². The van der Waals surface area contributed by atoms with Gasteiger partial charge < -0.3 is 15.4 Å². The first kappa shape index (κ1) is 26.1. The molecule has 33 heavy (non-hydrogen) atoms. The molecule has 0 radical (unpaired) electrons. The fourth-order valence-corrected chi connectivity index (χ4v) is 3.22. The molecule has 2 aromatic carbocycles. The molecule has 0 fully saturated rings. The Balaban J connectivity index is 1.94. The predicted molar refractivity (Wildman–Crippen MR) is 127 cm³/mol. The number of carbonyl (C=O) groups is 4. The van der Waals surface area contributed by atoms with Gasteiger partial charge in [0.2, 0.25) is 5.91 Å². The van der Waals surface area contributed by atoms with Crippen LogP contribution in [-0.2, 0) is 14.3 Å². The van der Waals surface area contributed by atoms with E-state index in [1.807, 2.05) is 13.8 Å². The number of Topliss-reactive ketones (excluding diaryl/α,β-unsaturated/α-hetero) is 1. The number of hydrogen-bond donors (Lipinski definition) is 2. The Hall–Kier alpha value is -3.19. The summed E-state index contributed by atoms with van der Waals surface area (Å²) < 4.78 is 5.18. The van der Waals surface area contributed by atoms with Crippen molar-refractivity contribution in [1.82, 2.24) is 5.32 Å². The number of carbonyl (C=O) groups excluding carboxylic acids is 4. The van der Waals surface area contributed by atoms with Crippen LogP contribution in [0.4, 0.5) is 5.69 Å². The average Bonchev–Trinajstić information content (AvgIpc) is 2.75. The van der Waals surface area contributed by atoms with Crippen LogP contribution >= 0.6 is 11.6 Å². The molecule has 0 aromatic heterocycles. The Bertz CT molecular complexity index is 1000. The molecular weight excluding hydrogens is 444 g/mol. The number of rotatable bonds is 10. The van der Waals surface area contributed by atoms with E-state index in [4.69, 9.17) is 16.3 Å². The highest BCUT2D eigenvalue weighted by atomic mass is 35.5. The van der Waals surface area contributed by atoms with Crippen LogP contribution in [0.5, 0.6) is 0 Å². The number of halogens is 1. The zero-order chi connectivity index (χ0) is 24.5. The molecule has 0 saturated carbocycles. The Morgan fingerprint density at radius 2 is 1.58 bits per heavy atom. The van der Waals surface area contributed by atoms with Gasteiger partial charge in [0.15, 0.2) is 12.4 Å². The summed E-state index contributed by atoms with van der Waals surface area (Å²) >= 11 is 6.05. The van der Waals surface area contributed by atoms with Gasteiger partial charge in [0, 0.05) is 17.7 Å². The minimum absolute atomic E-state index is 0.100. The fraction of sp³-hybridized carbons (Fsp3) is 0.360. The average molecular weight is 473 g/mol. The first-order valence-corrected chi connectivity index (χ1v) is 11.1. The summed E-state index contributed by atoms with van der Waals surface area (Å²) in [6, 6.07) is 11.9. The zero-order valence-corrected chi connectivity index (χ0v) is 19.9. The second-order valence-corrected chi connectivity index (χ2v) is 8.84. The van der Waals surface area contributed by atoms with Crippen LogP contribution in [0, 0.1) is 11.8 Å². The van der Waals surface area contributed by atoms with Crippen molar-refractivity contribution in [2.75, 3.05) is 11.9 Å². The van der Waals surface area contributed by atoms with Crippen molar-refractivity contribution in [2.24, 2.45) is 11.8 Å². The van der Waals surface area contributed by atoms with Crippen LogP contribution in [-0.4, -0.2) is 36.2 Å². The molecule has 1 unspecified atom stereocenters. The highest BCUT2D eigenvalue weighted by molar-refractivity contribution is 6.33. The van der Waals surface area contributed by atoms with Gasteiger partial charge in [0.05, 0.1) is 10.6 Å². The van der Waals surface area contributed by atoms with Crippen molar-refractivity contribution < 1.29 is 23.9 Å². The van der Waals surface area contributed by atoms with E-state index in [9.17, 15) is 19.2 Å². The normalized spacial score (nSPS) is 11.7. The lowest BCUT2D eigenvalue weighted by atomic mass is 10.0. The zero-order valence-electron chi connectivity index (χ0n) is 19.2. The number of nitrogens with one attached hydrogen (secondary N) is 2. The van der Waals surface area contributed by atoms with Crippen molar-refractivity contribution in [3.63, 3.8) is 0 Å². The number of anilines is 1. The van der Waals surface area contributed by atoms with Gasteiger partial charge in [0.25, 0.3) is 5.91 Å². The van der Waals surface area contributed by atoms with Gasteiger partial charge in [-0.25, -0.2) is 4.79 Å². The van der Waals surface area contributed by atoms with Crippen molar-refractivity contribution in [3.05, 3.63) is 64.7 Å². The van der Waals surface area contributed by atoms with E-state index >= 15 is 0 Å². The lowest BCUT2D eigenvalue weighted by Gasteiger charge is -2.21. The second-order valence-electron chi connectivity index (χ2n) is 8.43. The Kier molecular flexibility index (Phi) is 9.60. The van der Waals surface area contributed by atoms with Crippen LogP contribution in [0.3, 0.4) is 0 Å². The van der Waals surface area contributed by atoms with E-state index in [-0.39, 0.29) is 28.3 Å². The van der Waals surface area contributed by atoms with Crippen molar-refractivity contribution >= 4 is 40.9 Å². The molecule has 0 spiro atoms. The largest absolute Gasteiger partial charge is 0.456 e. The number of ether oxygens (including phenoxy) is 1. The van der Waals surface area contributed by atoms with E-state index in [2.05, 4.69) is 10.6 Å². The number of hydrogen-bond acceptors (Lipinski definition) is 5. The summed E-state index contributed by atoms with van der Waals surface area (Å²) in [6.45, 7) is 6.95. The highest BCUT2D eigenvalue weighted by Gasteiger charge is 2.27. The van der Waals surface area contributed by atoms with E-state index in [1.165, 1.54) is 0 Å².